The lowest BCUT2D eigenvalue weighted by Gasteiger charge is -2.31. The van der Waals surface area contributed by atoms with Crippen LogP contribution in [0.5, 0.6) is 0 Å². The summed E-state index contributed by atoms with van der Waals surface area (Å²) in [6.45, 7) is 8.34. The summed E-state index contributed by atoms with van der Waals surface area (Å²) in [6.07, 6.45) is 0. The molecule has 21 heavy (non-hydrogen) atoms. The summed E-state index contributed by atoms with van der Waals surface area (Å²) in [6, 6.07) is 4.60. The van der Waals surface area contributed by atoms with Gasteiger partial charge in [0.25, 0.3) is 0 Å². The number of nitrogens with zero attached hydrogens (tertiary/aromatic N) is 1. The Balaban J connectivity index is 3.23. The Kier molecular flexibility index (Phi) is 5.61. The van der Waals surface area contributed by atoms with Gasteiger partial charge in [0.2, 0.25) is 10.0 Å². The minimum absolute atomic E-state index is 0.169. The van der Waals surface area contributed by atoms with Crippen molar-refractivity contribution in [1.82, 2.24) is 4.72 Å². The van der Waals surface area contributed by atoms with Gasteiger partial charge in [-0.25, -0.2) is 13.1 Å². The van der Waals surface area contributed by atoms with Gasteiger partial charge in [0.1, 0.15) is 0 Å². The second kappa shape index (κ2) is 6.64. The van der Waals surface area contributed by atoms with E-state index in [4.69, 9.17) is 5.73 Å². The van der Waals surface area contributed by atoms with Crippen molar-refractivity contribution < 1.29 is 13.5 Å². The van der Waals surface area contributed by atoms with Crippen LogP contribution in [0.25, 0.3) is 0 Å². The zero-order chi connectivity index (χ0) is 16.3. The fourth-order valence-corrected chi connectivity index (χ4v) is 3.13. The number of nitrogen functional groups attached to an aromatic ring is 1. The lowest BCUT2D eigenvalue weighted by Crippen LogP contribution is -2.39. The second-order valence-corrected chi connectivity index (χ2v) is 7.32. The van der Waals surface area contributed by atoms with E-state index in [1.54, 1.807) is 32.9 Å². The second-order valence-electron chi connectivity index (χ2n) is 5.55. The molecule has 0 aliphatic rings. The van der Waals surface area contributed by atoms with E-state index in [-0.39, 0.29) is 4.90 Å². The molecule has 7 heteroatoms. The summed E-state index contributed by atoms with van der Waals surface area (Å²) in [5.41, 5.74) is 6.15. The number of nitrogens with one attached hydrogen (secondary N) is 1. The molecule has 0 atom stereocenters. The van der Waals surface area contributed by atoms with E-state index in [2.05, 4.69) is 4.72 Å². The Morgan fingerprint density at radius 1 is 1.33 bits per heavy atom. The molecule has 1 aromatic rings. The highest BCUT2D eigenvalue weighted by atomic mass is 32.2. The summed E-state index contributed by atoms with van der Waals surface area (Å²) < 4.78 is 26.6. The van der Waals surface area contributed by atoms with Crippen LogP contribution in [0.15, 0.2) is 23.1 Å². The highest BCUT2D eigenvalue weighted by Crippen LogP contribution is 2.27. The van der Waals surface area contributed by atoms with Crippen LogP contribution in [0, 0.1) is 0 Å². The normalized spacial score (nSPS) is 12.4. The molecule has 0 saturated heterocycles. The maximum absolute atomic E-state index is 12.1. The van der Waals surface area contributed by atoms with Gasteiger partial charge in [-0.2, -0.15) is 0 Å². The first-order chi connectivity index (χ1) is 9.60. The predicted octanol–water partition coefficient (Wildman–Crippen LogP) is 1.16. The van der Waals surface area contributed by atoms with Crippen molar-refractivity contribution in [1.29, 1.82) is 0 Å². The number of aliphatic hydroxyl groups is 1. The van der Waals surface area contributed by atoms with Crippen molar-refractivity contribution in [3.05, 3.63) is 18.2 Å². The van der Waals surface area contributed by atoms with Crippen molar-refractivity contribution in [2.75, 3.05) is 30.3 Å². The molecule has 0 amide bonds. The molecule has 120 valence electrons. The molecule has 0 heterocycles. The van der Waals surface area contributed by atoms with Crippen LogP contribution in [0.4, 0.5) is 11.4 Å². The quantitative estimate of drug-likeness (QED) is 0.656. The number of rotatable bonds is 7. The first-order valence-electron chi connectivity index (χ1n) is 6.97. The summed E-state index contributed by atoms with van der Waals surface area (Å²) in [5.74, 6) is 0. The fourth-order valence-electron chi connectivity index (χ4n) is 2.07. The molecule has 0 saturated carbocycles. The van der Waals surface area contributed by atoms with Gasteiger partial charge >= 0.3 is 0 Å². The Bertz CT molecular complexity index is 580. The predicted molar refractivity (Wildman–Crippen MR) is 85.9 cm³/mol. The first-order valence-corrected chi connectivity index (χ1v) is 8.45. The standard InChI is InChI=1S/C14H25N3O3S/c1-5-16-21(19,20)11-7-8-12(15)13(9-11)17(6-2)10-14(3,4)18/h7-9,16,18H,5-6,10,15H2,1-4H3. The summed E-state index contributed by atoms with van der Waals surface area (Å²) in [7, 11) is -3.53. The number of sulfonamides is 1. The van der Waals surface area contributed by atoms with E-state index >= 15 is 0 Å². The van der Waals surface area contributed by atoms with E-state index in [1.165, 1.54) is 6.07 Å². The molecule has 1 rings (SSSR count). The molecule has 0 radical (unpaired) electrons. The highest BCUT2D eigenvalue weighted by molar-refractivity contribution is 7.89. The smallest absolute Gasteiger partial charge is 0.240 e. The number of anilines is 2. The molecule has 0 bridgehead atoms. The van der Waals surface area contributed by atoms with Gasteiger partial charge in [-0.3, -0.25) is 0 Å². The maximum Gasteiger partial charge on any atom is 0.240 e. The Morgan fingerprint density at radius 2 is 1.95 bits per heavy atom. The molecular formula is C14H25N3O3S. The van der Waals surface area contributed by atoms with Crippen LogP contribution in [0.1, 0.15) is 27.7 Å². The third-order valence-corrected chi connectivity index (χ3v) is 4.49. The molecule has 0 aromatic heterocycles. The van der Waals surface area contributed by atoms with Crippen molar-refractivity contribution >= 4 is 21.4 Å². The molecule has 0 fully saturated rings. The van der Waals surface area contributed by atoms with Crippen LogP contribution in [0.3, 0.4) is 0 Å². The summed E-state index contributed by atoms with van der Waals surface area (Å²) in [5, 5.41) is 9.97. The number of nitrogens with two attached hydrogens (primary N) is 1. The van der Waals surface area contributed by atoms with E-state index in [0.29, 0.717) is 31.0 Å². The minimum atomic E-state index is -3.53. The van der Waals surface area contributed by atoms with Gasteiger partial charge in [-0.15, -0.1) is 0 Å². The van der Waals surface area contributed by atoms with E-state index < -0.39 is 15.6 Å². The van der Waals surface area contributed by atoms with Crippen LogP contribution >= 0.6 is 0 Å². The largest absolute Gasteiger partial charge is 0.397 e. The topological polar surface area (TPSA) is 95.7 Å². The van der Waals surface area contributed by atoms with E-state index in [1.807, 2.05) is 11.8 Å². The van der Waals surface area contributed by atoms with Crippen LogP contribution in [-0.4, -0.2) is 38.8 Å². The number of hydrogen-bond acceptors (Lipinski definition) is 5. The number of benzene rings is 1. The zero-order valence-corrected chi connectivity index (χ0v) is 13.9. The molecule has 4 N–H and O–H groups in total. The van der Waals surface area contributed by atoms with E-state index in [9.17, 15) is 13.5 Å². The van der Waals surface area contributed by atoms with E-state index in [0.717, 1.165) is 0 Å². The maximum atomic E-state index is 12.1. The van der Waals surface area contributed by atoms with Crippen LogP contribution in [-0.2, 0) is 10.0 Å². The monoisotopic (exact) mass is 315 g/mol. The molecule has 0 unspecified atom stereocenters. The van der Waals surface area contributed by atoms with Crippen molar-refractivity contribution in [2.24, 2.45) is 0 Å². The molecule has 1 aromatic carbocycles. The third-order valence-electron chi connectivity index (χ3n) is 2.95. The number of likely N-dealkylation sites (N-methyl/N-ethyl adjacent to an activating group) is 1. The lowest BCUT2D eigenvalue weighted by atomic mass is 10.1. The van der Waals surface area contributed by atoms with Crippen LogP contribution < -0.4 is 15.4 Å². The van der Waals surface area contributed by atoms with Gasteiger partial charge in [0.05, 0.1) is 21.9 Å². The van der Waals surface area contributed by atoms with Gasteiger partial charge in [0.15, 0.2) is 0 Å². The Labute approximate surface area is 127 Å². The van der Waals surface area contributed by atoms with Crippen LogP contribution in [0.2, 0.25) is 0 Å². The first kappa shape index (κ1) is 17.7. The molecule has 0 aliphatic carbocycles. The van der Waals surface area contributed by atoms with Crippen molar-refractivity contribution in [3.8, 4) is 0 Å². The third kappa shape index (κ3) is 4.87. The Morgan fingerprint density at radius 3 is 2.43 bits per heavy atom. The van der Waals surface area contributed by atoms with Gasteiger partial charge in [-0.1, -0.05) is 6.92 Å². The Hall–Kier alpha value is -1.31. The van der Waals surface area contributed by atoms with Gasteiger partial charge < -0.3 is 15.7 Å². The zero-order valence-electron chi connectivity index (χ0n) is 13.0. The molecule has 0 spiro atoms. The average Bonchev–Trinajstić information content (AvgIpc) is 2.35. The van der Waals surface area contributed by atoms with Gasteiger partial charge in [0, 0.05) is 19.6 Å². The molecular weight excluding hydrogens is 290 g/mol. The summed E-state index contributed by atoms with van der Waals surface area (Å²) >= 11 is 0. The van der Waals surface area contributed by atoms with Gasteiger partial charge in [-0.05, 0) is 39.0 Å². The number of hydrogen-bond donors (Lipinski definition) is 3. The van der Waals surface area contributed by atoms with Crippen molar-refractivity contribution in [3.63, 3.8) is 0 Å². The minimum Gasteiger partial charge on any atom is -0.397 e. The highest BCUT2D eigenvalue weighted by Gasteiger charge is 2.21. The summed E-state index contributed by atoms with van der Waals surface area (Å²) in [4.78, 5) is 2.03. The average molecular weight is 315 g/mol. The SMILES string of the molecule is CCNS(=O)(=O)c1ccc(N)c(N(CC)CC(C)(C)O)c1. The molecule has 0 aliphatic heterocycles. The van der Waals surface area contributed by atoms with Crippen molar-refractivity contribution in [2.45, 2.75) is 38.2 Å². The lowest BCUT2D eigenvalue weighted by molar-refractivity contribution is 0.0876. The fraction of sp³-hybridized carbons (Fsp3) is 0.571. The molecule has 6 nitrogen and oxygen atoms in total.